The molecule has 2 heterocycles. The van der Waals surface area contributed by atoms with Gasteiger partial charge < -0.3 is 0 Å². The zero-order valence-electron chi connectivity index (χ0n) is 7.24. The molecule has 14 heavy (non-hydrogen) atoms. The van der Waals surface area contributed by atoms with E-state index in [1.54, 1.807) is 11.3 Å². The summed E-state index contributed by atoms with van der Waals surface area (Å²) in [5.41, 5.74) is 1.42. The average Bonchev–Trinajstić information content (AvgIpc) is 2.75. The van der Waals surface area contributed by atoms with Crippen molar-refractivity contribution in [3.05, 3.63) is 42.3 Å². The molecule has 2 aromatic rings. The number of thiophene rings is 2. The molecule has 0 saturated carbocycles. The Kier molecular flexibility index (Phi) is 4.04. The van der Waals surface area contributed by atoms with Crippen LogP contribution < -0.4 is 0 Å². The highest BCUT2D eigenvalue weighted by molar-refractivity contribution is 14.1. The van der Waals surface area contributed by atoms with E-state index in [-0.39, 0.29) is 0 Å². The van der Waals surface area contributed by atoms with Gasteiger partial charge in [0.25, 0.3) is 0 Å². The highest BCUT2D eigenvalue weighted by Crippen LogP contribution is 2.34. The third kappa shape index (κ3) is 2.59. The van der Waals surface area contributed by atoms with Crippen molar-refractivity contribution in [3.63, 3.8) is 0 Å². The van der Waals surface area contributed by atoms with Gasteiger partial charge in [0.1, 0.15) is 0 Å². The van der Waals surface area contributed by atoms with Gasteiger partial charge in [-0.3, -0.25) is 0 Å². The molecule has 0 nitrogen and oxygen atoms in total. The first kappa shape index (κ1) is 11.1. The van der Waals surface area contributed by atoms with Gasteiger partial charge in [-0.2, -0.15) is 11.3 Å². The van der Waals surface area contributed by atoms with Crippen molar-refractivity contribution < 1.29 is 0 Å². The van der Waals surface area contributed by atoms with E-state index in [9.17, 15) is 0 Å². The predicted octanol–water partition coefficient (Wildman–Crippen LogP) is 5.09. The lowest BCUT2D eigenvalue weighted by molar-refractivity contribution is 0.971. The van der Waals surface area contributed by atoms with Crippen LogP contribution in [0.5, 0.6) is 0 Å². The molecule has 0 spiro atoms. The van der Waals surface area contributed by atoms with Crippen LogP contribution in [0.25, 0.3) is 0 Å². The number of hydrogen-bond donors (Lipinski definition) is 0. The molecule has 0 radical (unpaired) electrons. The van der Waals surface area contributed by atoms with E-state index in [1.165, 1.54) is 14.0 Å². The summed E-state index contributed by atoms with van der Waals surface area (Å²) in [6.45, 7) is 0. The smallest absolute Gasteiger partial charge is 0.0540 e. The Hall–Kier alpha value is 0.610. The van der Waals surface area contributed by atoms with Crippen molar-refractivity contribution in [2.45, 2.75) is 11.2 Å². The lowest BCUT2D eigenvalue weighted by atomic mass is 10.2. The van der Waals surface area contributed by atoms with E-state index in [2.05, 4.69) is 66.8 Å². The molecular weight excluding hydrogens is 391 g/mol. The lowest BCUT2D eigenvalue weighted by Crippen LogP contribution is -1.92. The molecule has 0 aliphatic heterocycles. The summed E-state index contributed by atoms with van der Waals surface area (Å²) < 4.78 is 1.37. The summed E-state index contributed by atoms with van der Waals surface area (Å²) in [7, 11) is 0. The van der Waals surface area contributed by atoms with Crippen molar-refractivity contribution in [3.8, 4) is 0 Å². The van der Waals surface area contributed by atoms with Gasteiger partial charge in [-0.1, -0.05) is 15.9 Å². The van der Waals surface area contributed by atoms with E-state index >= 15 is 0 Å². The first-order valence-electron chi connectivity index (χ1n) is 4.15. The second-order valence-corrected chi connectivity index (χ2v) is 6.93. The normalized spacial score (nSPS) is 13.0. The minimum atomic E-state index is 0.462. The molecule has 0 aromatic carbocycles. The molecule has 1 unspecified atom stereocenters. The zero-order valence-corrected chi connectivity index (χ0v) is 12.6. The van der Waals surface area contributed by atoms with Crippen LogP contribution >= 0.6 is 61.2 Å². The molecule has 0 amide bonds. The Morgan fingerprint density at radius 2 is 2.21 bits per heavy atom. The lowest BCUT2D eigenvalue weighted by Gasteiger charge is -2.06. The summed E-state index contributed by atoms with van der Waals surface area (Å²) in [6, 6.07) is 4.36. The number of rotatable bonds is 3. The second-order valence-electron chi connectivity index (χ2n) is 2.94. The van der Waals surface area contributed by atoms with Gasteiger partial charge in [0.2, 0.25) is 0 Å². The molecular formula is C10H8BrIS2. The Morgan fingerprint density at radius 1 is 1.36 bits per heavy atom. The van der Waals surface area contributed by atoms with Crippen LogP contribution in [0.15, 0.2) is 28.3 Å². The third-order valence-electron chi connectivity index (χ3n) is 1.92. The minimum absolute atomic E-state index is 0.462. The molecule has 0 fully saturated rings. The number of alkyl halides is 1. The molecule has 4 heteroatoms. The van der Waals surface area contributed by atoms with Crippen molar-refractivity contribution >= 4 is 61.2 Å². The molecule has 0 bridgehead atoms. The monoisotopic (exact) mass is 398 g/mol. The van der Waals surface area contributed by atoms with Crippen LogP contribution in [0.4, 0.5) is 0 Å². The maximum Gasteiger partial charge on any atom is 0.0540 e. The van der Waals surface area contributed by atoms with Crippen LogP contribution in [0, 0.1) is 3.57 Å². The SMILES string of the molecule is BrC(Cc1ccsc1)c1sccc1I. The fourth-order valence-electron chi connectivity index (χ4n) is 1.24. The number of hydrogen-bond acceptors (Lipinski definition) is 2. The van der Waals surface area contributed by atoms with E-state index in [0.717, 1.165) is 6.42 Å². The van der Waals surface area contributed by atoms with Crippen LogP contribution in [-0.4, -0.2) is 0 Å². The van der Waals surface area contributed by atoms with E-state index in [0.29, 0.717) is 4.83 Å². The largest absolute Gasteiger partial charge is 0.152 e. The van der Waals surface area contributed by atoms with Crippen molar-refractivity contribution in [1.82, 2.24) is 0 Å². The number of halogens is 2. The standard InChI is InChI=1S/C10H8BrIS2/c11-8(5-7-1-3-13-6-7)10-9(12)2-4-14-10/h1-4,6,8H,5H2. The summed E-state index contributed by atoms with van der Waals surface area (Å²) >= 11 is 9.73. The van der Waals surface area contributed by atoms with Crippen LogP contribution in [0.1, 0.15) is 15.3 Å². The molecule has 0 aliphatic rings. The Labute approximate surface area is 114 Å². The molecule has 2 aromatic heterocycles. The van der Waals surface area contributed by atoms with Crippen LogP contribution in [0.2, 0.25) is 0 Å². The Bertz CT molecular complexity index is 394. The van der Waals surface area contributed by atoms with Crippen LogP contribution in [0.3, 0.4) is 0 Å². The third-order valence-corrected chi connectivity index (χ3v) is 6.08. The van der Waals surface area contributed by atoms with Gasteiger partial charge in [0.05, 0.1) is 4.83 Å². The summed E-state index contributed by atoms with van der Waals surface area (Å²) in [6.07, 6.45) is 1.08. The van der Waals surface area contributed by atoms with Crippen LogP contribution in [-0.2, 0) is 6.42 Å². The first-order valence-corrected chi connectivity index (χ1v) is 7.97. The van der Waals surface area contributed by atoms with E-state index in [4.69, 9.17) is 0 Å². The zero-order chi connectivity index (χ0) is 9.97. The highest BCUT2D eigenvalue weighted by atomic mass is 127. The van der Waals surface area contributed by atoms with E-state index in [1.807, 2.05) is 11.3 Å². The van der Waals surface area contributed by atoms with Gasteiger partial charge in [0.15, 0.2) is 0 Å². The van der Waals surface area contributed by atoms with Crippen molar-refractivity contribution in [2.75, 3.05) is 0 Å². The van der Waals surface area contributed by atoms with Gasteiger partial charge in [-0.25, -0.2) is 0 Å². The molecule has 0 aliphatic carbocycles. The fourth-order valence-corrected chi connectivity index (χ4v) is 5.23. The molecule has 0 saturated heterocycles. The summed E-state index contributed by atoms with van der Waals surface area (Å²) in [4.78, 5) is 1.90. The molecule has 74 valence electrons. The van der Waals surface area contributed by atoms with Gasteiger partial charge in [-0.05, 0) is 62.8 Å². The van der Waals surface area contributed by atoms with Crippen molar-refractivity contribution in [1.29, 1.82) is 0 Å². The van der Waals surface area contributed by atoms with E-state index < -0.39 is 0 Å². The summed E-state index contributed by atoms with van der Waals surface area (Å²) in [5.74, 6) is 0. The molecule has 2 rings (SSSR count). The maximum atomic E-state index is 3.75. The molecule has 1 atom stereocenters. The minimum Gasteiger partial charge on any atom is -0.152 e. The first-order chi connectivity index (χ1) is 6.77. The van der Waals surface area contributed by atoms with Crippen molar-refractivity contribution in [2.24, 2.45) is 0 Å². The van der Waals surface area contributed by atoms with Gasteiger partial charge >= 0.3 is 0 Å². The quantitative estimate of drug-likeness (QED) is 0.498. The summed E-state index contributed by atoms with van der Waals surface area (Å²) in [5, 5.41) is 6.50. The average molecular weight is 399 g/mol. The topological polar surface area (TPSA) is 0 Å². The highest BCUT2D eigenvalue weighted by Gasteiger charge is 2.13. The maximum absolute atomic E-state index is 3.75. The fraction of sp³-hybridized carbons (Fsp3) is 0.200. The molecule has 0 N–H and O–H groups in total. The second kappa shape index (κ2) is 5.09. The van der Waals surface area contributed by atoms with Gasteiger partial charge in [0, 0.05) is 8.45 Å². The predicted molar refractivity (Wildman–Crippen MR) is 76.7 cm³/mol. The Morgan fingerprint density at radius 3 is 2.79 bits per heavy atom. The Balaban J connectivity index is 2.10. The van der Waals surface area contributed by atoms with Gasteiger partial charge in [-0.15, -0.1) is 11.3 Å².